The molecule has 0 aromatic carbocycles. The summed E-state index contributed by atoms with van der Waals surface area (Å²) in [6.07, 6.45) is 10.4. The number of aryl methyl sites for hydroxylation is 1. The molecule has 1 aliphatic rings. The second kappa shape index (κ2) is 4.33. The summed E-state index contributed by atoms with van der Waals surface area (Å²) in [4.78, 5) is 4.39. The van der Waals surface area contributed by atoms with Crippen LogP contribution in [-0.2, 0) is 20.1 Å². The first-order valence-corrected chi connectivity index (χ1v) is 6.02. The lowest BCUT2D eigenvalue weighted by Crippen LogP contribution is -2.19. The monoisotopic (exact) mass is 231 g/mol. The van der Waals surface area contributed by atoms with Crippen LogP contribution < -0.4 is 5.32 Å². The zero-order valence-corrected chi connectivity index (χ0v) is 10.0. The molecule has 0 amide bonds. The fraction of sp³-hybridized carbons (Fsp3) is 0.500. The van der Waals surface area contributed by atoms with Gasteiger partial charge in [0, 0.05) is 37.2 Å². The Kier molecular flexibility index (Phi) is 2.68. The van der Waals surface area contributed by atoms with Gasteiger partial charge in [-0.15, -0.1) is 0 Å². The fourth-order valence-electron chi connectivity index (χ4n) is 1.92. The standard InChI is InChI=1S/C12H17N5/c1-16-8-10(6-15-16)9-17-5-4-13-12(17)7-14-11-2-3-11/h4-6,8,11,14H,2-3,7,9H2,1H3. The molecule has 1 aliphatic carbocycles. The van der Waals surface area contributed by atoms with Gasteiger partial charge in [-0.1, -0.05) is 0 Å². The molecule has 2 aromatic heterocycles. The molecule has 0 bridgehead atoms. The second-order valence-electron chi connectivity index (χ2n) is 4.65. The van der Waals surface area contributed by atoms with Crippen molar-refractivity contribution >= 4 is 0 Å². The van der Waals surface area contributed by atoms with Crippen molar-refractivity contribution in [1.82, 2.24) is 24.6 Å². The van der Waals surface area contributed by atoms with Gasteiger partial charge in [-0.25, -0.2) is 4.98 Å². The number of rotatable bonds is 5. The van der Waals surface area contributed by atoms with Gasteiger partial charge in [0.05, 0.1) is 19.3 Å². The van der Waals surface area contributed by atoms with E-state index in [9.17, 15) is 0 Å². The Labute approximate surface area is 100 Å². The predicted octanol–water partition coefficient (Wildman–Crippen LogP) is 0.917. The molecule has 1 saturated carbocycles. The summed E-state index contributed by atoms with van der Waals surface area (Å²) in [7, 11) is 1.94. The number of aromatic nitrogens is 4. The van der Waals surface area contributed by atoms with Gasteiger partial charge in [-0.3, -0.25) is 4.68 Å². The van der Waals surface area contributed by atoms with Gasteiger partial charge in [0.15, 0.2) is 0 Å². The van der Waals surface area contributed by atoms with Crippen molar-refractivity contribution < 1.29 is 0 Å². The topological polar surface area (TPSA) is 47.7 Å². The number of nitrogens with one attached hydrogen (secondary N) is 1. The van der Waals surface area contributed by atoms with Crippen LogP contribution in [0.4, 0.5) is 0 Å². The number of nitrogens with zero attached hydrogens (tertiary/aromatic N) is 4. The SMILES string of the molecule is Cn1cc(Cn2ccnc2CNC2CC2)cn1. The molecule has 17 heavy (non-hydrogen) atoms. The Morgan fingerprint density at radius 3 is 3.06 bits per heavy atom. The van der Waals surface area contributed by atoms with Crippen molar-refractivity contribution in [3.63, 3.8) is 0 Å². The molecule has 5 heteroatoms. The fourth-order valence-corrected chi connectivity index (χ4v) is 1.92. The molecule has 2 aromatic rings. The quantitative estimate of drug-likeness (QED) is 0.832. The van der Waals surface area contributed by atoms with Crippen LogP contribution in [0, 0.1) is 0 Å². The smallest absolute Gasteiger partial charge is 0.122 e. The van der Waals surface area contributed by atoms with Gasteiger partial charge >= 0.3 is 0 Å². The molecule has 3 rings (SSSR count). The largest absolute Gasteiger partial charge is 0.329 e. The number of imidazole rings is 1. The first-order chi connectivity index (χ1) is 8.31. The van der Waals surface area contributed by atoms with Crippen LogP contribution in [-0.4, -0.2) is 25.4 Å². The molecule has 0 atom stereocenters. The Morgan fingerprint density at radius 2 is 2.35 bits per heavy atom. The van der Waals surface area contributed by atoms with E-state index < -0.39 is 0 Å². The van der Waals surface area contributed by atoms with E-state index in [0.29, 0.717) is 0 Å². The lowest BCUT2D eigenvalue weighted by atomic mass is 10.3. The summed E-state index contributed by atoms with van der Waals surface area (Å²) in [6, 6.07) is 0.721. The van der Waals surface area contributed by atoms with E-state index in [2.05, 4.69) is 20.0 Å². The summed E-state index contributed by atoms with van der Waals surface area (Å²) in [6.45, 7) is 1.70. The predicted molar refractivity (Wildman–Crippen MR) is 64.4 cm³/mol. The maximum absolute atomic E-state index is 4.39. The van der Waals surface area contributed by atoms with Crippen molar-refractivity contribution in [1.29, 1.82) is 0 Å². The normalized spacial score (nSPS) is 15.4. The summed E-state index contributed by atoms with van der Waals surface area (Å²) in [5.74, 6) is 1.10. The minimum Gasteiger partial charge on any atom is -0.329 e. The molecule has 0 unspecified atom stereocenters. The summed E-state index contributed by atoms with van der Waals surface area (Å²) in [5, 5.41) is 7.66. The Morgan fingerprint density at radius 1 is 1.47 bits per heavy atom. The van der Waals surface area contributed by atoms with E-state index in [1.807, 2.05) is 36.5 Å². The summed E-state index contributed by atoms with van der Waals surface area (Å²) in [5.41, 5.74) is 1.21. The first-order valence-electron chi connectivity index (χ1n) is 6.02. The highest BCUT2D eigenvalue weighted by atomic mass is 15.2. The van der Waals surface area contributed by atoms with Gasteiger partial charge in [0.25, 0.3) is 0 Å². The minimum atomic E-state index is 0.721. The van der Waals surface area contributed by atoms with E-state index in [0.717, 1.165) is 25.0 Å². The molecule has 5 nitrogen and oxygen atoms in total. The lowest BCUT2D eigenvalue weighted by Gasteiger charge is -2.07. The van der Waals surface area contributed by atoms with Crippen LogP contribution in [0.5, 0.6) is 0 Å². The van der Waals surface area contributed by atoms with Gasteiger partial charge < -0.3 is 9.88 Å². The molecule has 0 spiro atoms. The maximum atomic E-state index is 4.39. The van der Waals surface area contributed by atoms with Gasteiger partial charge in [-0.2, -0.15) is 5.10 Å². The van der Waals surface area contributed by atoms with Gasteiger partial charge in [0.2, 0.25) is 0 Å². The van der Waals surface area contributed by atoms with Crippen molar-refractivity contribution in [2.45, 2.75) is 32.0 Å². The van der Waals surface area contributed by atoms with Gasteiger partial charge in [-0.05, 0) is 12.8 Å². The zero-order valence-electron chi connectivity index (χ0n) is 10.0. The van der Waals surface area contributed by atoms with Crippen LogP contribution in [0.2, 0.25) is 0 Å². The molecule has 0 aliphatic heterocycles. The second-order valence-corrected chi connectivity index (χ2v) is 4.65. The van der Waals surface area contributed by atoms with E-state index in [4.69, 9.17) is 0 Å². The molecular weight excluding hydrogens is 214 g/mol. The molecule has 0 saturated heterocycles. The van der Waals surface area contributed by atoms with Crippen molar-refractivity contribution in [2.24, 2.45) is 7.05 Å². The highest BCUT2D eigenvalue weighted by molar-refractivity contribution is 5.07. The van der Waals surface area contributed by atoms with Gasteiger partial charge in [0.1, 0.15) is 5.82 Å². The molecule has 0 radical (unpaired) electrons. The van der Waals surface area contributed by atoms with Crippen molar-refractivity contribution in [3.8, 4) is 0 Å². The lowest BCUT2D eigenvalue weighted by molar-refractivity contribution is 0.618. The van der Waals surface area contributed by atoms with Crippen LogP contribution in [0.1, 0.15) is 24.2 Å². The Hall–Kier alpha value is -1.62. The third-order valence-electron chi connectivity index (χ3n) is 3.04. The van der Waals surface area contributed by atoms with Crippen LogP contribution in [0.3, 0.4) is 0 Å². The highest BCUT2D eigenvalue weighted by Gasteiger charge is 2.20. The Bertz CT molecular complexity index is 494. The van der Waals surface area contributed by atoms with E-state index >= 15 is 0 Å². The zero-order chi connectivity index (χ0) is 11.7. The molecule has 90 valence electrons. The van der Waals surface area contributed by atoms with E-state index in [1.54, 1.807) is 0 Å². The summed E-state index contributed by atoms with van der Waals surface area (Å²) >= 11 is 0. The van der Waals surface area contributed by atoms with Crippen molar-refractivity contribution in [3.05, 3.63) is 36.2 Å². The first kappa shape index (κ1) is 10.5. The molecule has 1 N–H and O–H groups in total. The summed E-state index contributed by atoms with van der Waals surface area (Å²) < 4.78 is 4.00. The van der Waals surface area contributed by atoms with Crippen LogP contribution in [0.15, 0.2) is 24.8 Å². The van der Waals surface area contributed by atoms with Crippen LogP contribution in [0.25, 0.3) is 0 Å². The minimum absolute atomic E-state index is 0.721. The molecule has 1 fully saturated rings. The Balaban J connectivity index is 1.67. The van der Waals surface area contributed by atoms with E-state index in [-0.39, 0.29) is 0 Å². The van der Waals surface area contributed by atoms with E-state index in [1.165, 1.54) is 18.4 Å². The highest BCUT2D eigenvalue weighted by Crippen LogP contribution is 2.19. The average Bonchev–Trinajstić information content (AvgIpc) is 2.90. The maximum Gasteiger partial charge on any atom is 0.122 e. The van der Waals surface area contributed by atoms with Crippen LogP contribution >= 0.6 is 0 Å². The third kappa shape index (κ3) is 2.55. The molecular formula is C12H17N5. The number of hydrogen-bond acceptors (Lipinski definition) is 3. The number of hydrogen-bond donors (Lipinski definition) is 1. The van der Waals surface area contributed by atoms with Crippen molar-refractivity contribution in [2.75, 3.05) is 0 Å². The molecule has 2 heterocycles. The average molecular weight is 231 g/mol. The third-order valence-corrected chi connectivity index (χ3v) is 3.04.